The average Bonchev–Trinajstić information content (AvgIpc) is 3.41. The Morgan fingerprint density at radius 2 is 1.91 bits per heavy atom. The summed E-state index contributed by atoms with van der Waals surface area (Å²) in [5.74, 6) is -0.260. The Labute approximate surface area is 195 Å². The van der Waals surface area contributed by atoms with E-state index in [1.807, 2.05) is 55.1 Å². The number of benzene rings is 2. The molecule has 0 unspecified atom stereocenters. The number of hydrogen-bond acceptors (Lipinski definition) is 5. The molecule has 7 heteroatoms. The van der Waals surface area contributed by atoms with Crippen molar-refractivity contribution in [3.8, 4) is 11.3 Å². The van der Waals surface area contributed by atoms with E-state index in [1.54, 1.807) is 24.4 Å². The van der Waals surface area contributed by atoms with E-state index >= 15 is 0 Å². The zero-order valence-corrected chi connectivity index (χ0v) is 19.1. The Kier molecular flexibility index (Phi) is 5.48. The van der Waals surface area contributed by atoms with Crippen molar-refractivity contribution in [3.63, 3.8) is 0 Å². The lowest BCUT2D eigenvalue weighted by Crippen LogP contribution is -2.28. The van der Waals surface area contributed by atoms with Crippen molar-refractivity contribution < 1.29 is 9.59 Å². The lowest BCUT2D eigenvalue weighted by Gasteiger charge is -2.18. The standard InChI is InChI=1S/C26H22N4O2S/c1-16-6-5-7-20(14-16)25(32)30-13-11-18-15-19(9-10-22(18)30)23-17(2)33-26(28-23)29-24(31)21-8-3-4-12-27-21/h3-10,12,14-15H,11,13H2,1-2H3,(H,28,29,31). The summed E-state index contributed by atoms with van der Waals surface area (Å²) in [6.45, 7) is 4.64. The molecule has 3 heterocycles. The normalized spacial score (nSPS) is 12.5. The molecule has 1 aliphatic heterocycles. The van der Waals surface area contributed by atoms with Crippen LogP contribution in [0.15, 0.2) is 66.9 Å². The van der Waals surface area contributed by atoms with Crippen LogP contribution in [0.4, 0.5) is 10.8 Å². The minimum atomic E-state index is -0.282. The predicted molar refractivity (Wildman–Crippen MR) is 131 cm³/mol. The van der Waals surface area contributed by atoms with Gasteiger partial charge in [-0.3, -0.25) is 19.9 Å². The van der Waals surface area contributed by atoms with Gasteiger partial charge in [0.05, 0.1) is 5.69 Å². The SMILES string of the molecule is Cc1cccc(C(=O)N2CCc3cc(-c4nc(NC(=O)c5ccccn5)sc4C)ccc32)c1. The van der Waals surface area contributed by atoms with Gasteiger partial charge in [0.15, 0.2) is 5.13 Å². The highest BCUT2D eigenvalue weighted by atomic mass is 32.1. The zero-order chi connectivity index (χ0) is 22.9. The second kappa shape index (κ2) is 8.60. The maximum atomic E-state index is 13.1. The number of rotatable bonds is 4. The van der Waals surface area contributed by atoms with Crippen LogP contribution >= 0.6 is 11.3 Å². The fraction of sp³-hybridized carbons (Fsp3) is 0.154. The van der Waals surface area contributed by atoms with Gasteiger partial charge in [0.1, 0.15) is 5.69 Å². The Balaban J connectivity index is 1.38. The van der Waals surface area contributed by atoms with E-state index in [0.717, 1.165) is 39.4 Å². The summed E-state index contributed by atoms with van der Waals surface area (Å²) in [5, 5.41) is 3.38. The molecule has 0 spiro atoms. The van der Waals surface area contributed by atoms with Gasteiger partial charge in [-0.15, -0.1) is 11.3 Å². The molecular weight excluding hydrogens is 432 g/mol. The third kappa shape index (κ3) is 4.15. The molecule has 2 aromatic carbocycles. The van der Waals surface area contributed by atoms with Crippen LogP contribution in [0.25, 0.3) is 11.3 Å². The molecule has 164 valence electrons. The fourth-order valence-corrected chi connectivity index (χ4v) is 4.90. The van der Waals surface area contributed by atoms with Crippen molar-refractivity contribution in [3.05, 3.63) is 94.1 Å². The topological polar surface area (TPSA) is 75.2 Å². The molecule has 1 aliphatic rings. The highest BCUT2D eigenvalue weighted by molar-refractivity contribution is 7.16. The number of nitrogens with zero attached hydrogens (tertiary/aromatic N) is 3. The quantitative estimate of drug-likeness (QED) is 0.455. The maximum Gasteiger partial charge on any atom is 0.276 e. The van der Waals surface area contributed by atoms with Gasteiger partial charge in [0.25, 0.3) is 11.8 Å². The third-order valence-electron chi connectivity index (χ3n) is 5.67. The van der Waals surface area contributed by atoms with E-state index in [1.165, 1.54) is 11.3 Å². The smallest absolute Gasteiger partial charge is 0.276 e. The molecule has 0 saturated heterocycles. The van der Waals surface area contributed by atoms with Crippen molar-refractivity contribution in [2.75, 3.05) is 16.8 Å². The second-order valence-corrected chi connectivity index (χ2v) is 9.22. The van der Waals surface area contributed by atoms with Gasteiger partial charge in [-0.2, -0.15) is 0 Å². The van der Waals surface area contributed by atoms with Gasteiger partial charge in [0.2, 0.25) is 0 Å². The summed E-state index contributed by atoms with van der Waals surface area (Å²) in [7, 11) is 0. The monoisotopic (exact) mass is 454 g/mol. The van der Waals surface area contributed by atoms with Gasteiger partial charge in [0, 0.05) is 34.4 Å². The van der Waals surface area contributed by atoms with Gasteiger partial charge in [-0.1, -0.05) is 29.8 Å². The highest BCUT2D eigenvalue weighted by Gasteiger charge is 2.26. The number of anilines is 2. The lowest BCUT2D eigenvalue weighted by molar-refractivity contribution is 0.0987. The van der Waals surface area contributed by atoms with E-state index in [0.29, 0.717) is 22.9 Å². The first-order valence-corrected chi connectivity index (χ1v) is 11.5. The minimum Gasteiger partial charge on any atom is -0.308 e. The van der Waals surface area contributed by atoms with Crippen LogP contribution in [-0.2, 0) is 6.42 Å². The molecule has 2 aromatic heterocycles. The number of aryl methyl sites for hydroxylation is 2. The molecular formula is C26H22N4O2S. The largest absolute Gasteiger partial charge is 0.308 e. The Hall–Kier alpha value is -3.84. The first-order valence-electron chi connectivity index (χ1n) is 10.7. The van der Waals surface area contributed by atoms with Gasteiger partial charge < -0.3 is 4.90 Å². The first-order chi connectivity index (χ1) is 16.0. The van der Waals surface area contributed by atoms with Crippen LogP contribution in [0.5, 0.6) is 0 Å². The molecule has 6 nitrogen and oxygen atoms in total. The van der Waals surface area contributed by atoms with Crippen molar-refractivity contribution in [1.29, 1.82) is 0 Å². The fourth-order valence-electron chi connectivity index (χ4n) is 4.07. The van der Waals surface area contributed by atoms with Crippen molar-refractivity contribution >= 4 is 34.0 Å². The van der Waals surface area contributed by atoms with Crippen molar-refractivity contribution in [1.82, 2.24) is 9.97 Å². The number of amides is 2. The van der Waals surface area contributed by atoms with E-state index in [-0.39, 0.29) is 11.8 Å². The third-order valence-corrected chi connectivity index (χ3v) is 6.56. The van der Waals surface area contributed by atoms with Crippen LogP contribution in [0.3, 0.4) is 0 Å². The number of aromatic nitrogens is 2. The number of pyridine rings is 1. The minimum absolute atomic E-state index is 0.0227. The number of carbonyl (C=O) groups excluding carboxylic acids is 2. The number of thiazole rings is 1. The number of nitrogens with one attached hydrogen (secondary N) is 1. The summed E-state index contributed by atoms with van der Waals surface area (Å²) in [5.41, 5.74) is 6.01. The summed E-state index contributed by atoms with van der Waals surface area (Å²) >= 11 is 1.43. The van der Waals surface area contributed by atoms with Crippen LogP contribution in [-0.4, -0.2) is 28.3 Å². The van der Waals surface area contributed by atoms with Crippen molar-refractivity contribution in [2.24, 2.45) is 0 Å². The predicted octanol–water partition coefficient (Wildman–Crippen LogP) is 5.28. The lowest BCUT2D eigenvalue weighted by atomic mass is 10.1. The molecule has 0 fully saturated rings. The number of hydrogen-bond donors (Lipinski definition) is 1. The molecule has 0 bridgehead atoms. The van der Waals surface area contributed by atoms with E-state index in [9.17, 15) is 9.59 Å². The van der Waals surface area contributed by atoms with Crippen LogP contribution in [0.1, 0.15) is 36.9 Å². The highest BCUT2D eigenvalue weighted by Crippen LogP contribution is 2.36. The van der Waals surface area contributed by atoms with Gasteiger partial charge >= 0.3 is 0 Å². The van der Waals surface area contributed by atoms with Crippen LogP contribution in [0.2, 0.25) is 0 Å². The summed E-state index contributed by atoms with van der Waals surface area (Å²) in [6, 6.07) is 19.0. The zero-order valence-electron chi connectivity index (χ0n) is 18.3. The van der Waals surface area contributed by atoms with Crippen molar-refractivity contribution in [2.45, 2.75) is 20.3 Å². The summed E-state index contributed by atoms with van der Waals surface area (Å²) < 4.78 is 0. The van der Waals surface area contributed by atoms with Crippen LogP contribution < -0.4 is 10.2 Å². The Morgan fingerprint density at radius 3 is 2.70 bits per heavy atom. The molecule has 2 amide bonds. The van der Waals surface area contributed by atoms with E-state index in [4.69, 9.17) is 0 Å². The molecule has 1 N–H and O–H groups in total. The van der Waals surface area contributed by atoms with Crippen LogP contribution in [0, 0.1) is 13.8 Å². The molecule has 0 saturated carbocycles. The number of carbonyl (C=O) groups is 2. The molecule has 4 aromatic rings. The van der Waals surface area contributed by atoms with Gasteiger partial charge in [-0.25, -0.2) is 4.98 Å². The summed E-state index contributed by atoms with van der Waals surface area (Å²) in [4.78, 5) is 37.1. The Morgan fingerprint density at radius 1 is 1.03 bits per heavy atom. The van der Waals surface area contributed by atoms with E-state index in [2.05, 4.69) is 21.4 Å². The average molecular weight is 455 g/mol. The maximum absolute atomic E-state index is 13.1. The molecule has 0 atom stereocenters. The second-order valence-electron chi connectivity index (χ2n) is 8.01. The molecule has 0 radical (unpaired) electrons. The number of fused-ring (bicyclic) bond motifs is 1. The van der Waals surface area contributed by atoms with E-state index < -0.39 is 0 Å². The summed E-state index contributed by atoms with van der Waals surface area (Å²) in [6.07, 6.45) is 2.39. The molecule has 0 aliphatic carbocycles. The Bertz CT molecular complexity index is 1360. The molecule has 5 rings (SSSR count). The molecule has 33 heavy (non-hydrogen) atoms. The first kappa shape index (κ1) is 21.0. The van der Waals surface area contributed by atoms with Gasteiger partial charge in [-0.05, 0) is 62.2 Å².